The molecule has 0 aromatic heterocycles. The van der Waals surface area contributed by atoms with Crippen LogP contribution in [0, 0.1) is 0 Å². The highest BCUT2D eigenvalue weighted by atomic mass is 15.9. The Bertz CT molecular complexity index is 155. The Labute approximate surface area is 74.7 Å². The van der Waals surface area contributed by atoms with Crippen molar-refractivity contribution < 1.29 is 0 Å². The van der Waals surface area contributed by atoms with Crippen LogP contribution in [0.5, 0.6) is 0 Å². The molecule has 0 bridgehead atoms. The van der Waals surface area contributed by atoms with Crippen molar-refractivity contribution in [1.82, 2.24) is 15.3 Å². The van der Waals surface area contributed by atoms with Gasteiger partial charge in [-0.15, -0.1) is 0 Å². The summed E-state index contributed by atoms with van der Waals surface area (Å²) in [6.45, 7) is 6.76. The van der Waals surface area contributed by atoms with E-state index in [4.69, 9.17) is 0 Å². The van der Waals surface area contributed by atoms with E-state index in [9.17, 15) is 0 Å². The van der Waals surface area contributed by atoms with Gasteiger partial charge in [0.05, 0.1) is 18.5 Å². The number of hydrazine groups is 1. The van der Waals surface area contributed by atoms with Crippen LogP contribution >= 0.6 is 0 Å². The van der Waals surface area contributed by atoms with Crippen molar-refractivity contribution in [3.63, 3.8) is 0 Å². The summed E-state index contributed by atoms with van der Waals surface area (Å²) in [6.07, 6.45) is 5.64. The molecule has 70 valence electrons. The van der Waals surface area contributed by atoms with E-state index < -0.39 is 0 Å². The lowest BCUT2D eigenvalue weighted by molar-refractivity contribution is 0.302. The van der Waals surface area contributed by atoms with Crippen LogP contribution in [0.3, 0.4) is 0 Å². The molecule has 3 heteroatoms. The predicted molar refractivity (Wildman–Crippen MR) is 49.1 cm³/mol. The van der Waals surface area contributed by atoms with Crippen molar-refractivity contribution >= 4 is 0 Å². The summed E-state index contributed by atoms with van der Waals surface area (Å²) in [6, 6.07) is 0. The summed E-state index contributed by atoms with van der Waals surface area (Å²) in [5, 5.41) is 8.59. The third-order valence-corrected chi connectivity index (χ3v) is 2.98. The Balaban J connectivity index is 2.00. The second kappa shape index (κ2) is 2.98. The lowest BCUT2D eigenvalue weighted by Crippen LogP contribution is -2.39. The van der Waals surface area contributed by atoms with Gasteiger partial charge in [0.2, 0.25) is 0 Å². The van der Waals surface area contributed by atoms with Crippen molar-refractivity contribution in [1.29, 1.82) is 0 Å². The van der Waals surface area contributed by atoms with Gasteiger partial charge < -0.3 is 0 Å². The first-order chi connectivity index (χ1) is 5.83. The highest BCUT2D eigenvalue weighted by Crippen LogP contribution is 2.39. The van der Waals surface area contributed by atoms with E-state index in [1.807, 2.05) is 0 Å². The zero-order valence-electron chi connectivity index (χ0n) is 8.25. The molecule has 2 fully saturated rings. The molecule has 4 unspecified atom stereocenters. The molecule has 2 saturated heterocycles. The van der Waals surface area contributed by atoms with Gasteiger partial charge in [0, 0.05) is 0 Å². The summed E-state index contributed by atoms with van der Waals surface area (Å²) in [7, 11) is 0. The molecule has 0 aromatic carbocycles. The Kier molecular flexibility index (Phi) is 2.10. The molecule has 1 N–H and O–H groups in total. The summed E-state index contributed by atoms with van der Waals surface area (Å²) in [4.78, 5) is 0. The molecule has 12 heavy (non-hydrogen) atoms. The Morgan fingerprint density at radius 3 is 1.75 bits per heavy atom. The fourth-order valence-corrected chi connectivity index (χ4v) is 2.34. The van der Waals surface area contributed by atoms with Gasteiger partial charge in [0.15, 0.2) is 0 Å². The molecule has 0 aromatic rings. The van der Waals surface area contributed by atoms with Crippen molar-refractivity contribution in [2.24, 2.45) is 0 Å². The fraction of sp³-hybridized carbons (Fsp3) is 1.00. The maximum Gasteiger partial charge on any atom is 0.0928 e. The molecule has 0 spiro atoms. The average molecular weight is 169 g/mol. The van der Waals surface area contributed by atoms with Gasteiger partial charge in [-0.1, -0.05) is 20.8 Å². The van der Waals surface area contributed by atoms with Gasteiger partial charge >= 0.3 is 0 Å². The molecular formula is C9H19N3. The third-order valence-electron chi connectivity index (χ3n) is 2.98. The van der Waals surface area contributed by atoms with E-state index in [1.54, 1.807) is 0 Å². The Morgan fingerprint density at radius 2 is 1.42 bits per heavy atom. The molecule has 2 aliphatic heterocycles. The molecule has 0 saturated carbocycles. The molecular weight excluding hydrogens is 150 g/mol. The number of nitrogens with zero attached hydrogens (tertiary/aromatic N) is 2. The molecule has 0 aliphatic carbocycles. The second-order valence-electron chi connectivity index (χ2n) is 3.66. The minimum absolute atomic E-state index is 0.611. The Morgan fingerprint density at radius 1 is 0.917 bits per heavy atom. The molecule has 2 rings (SSSR count). The normalized spacial score (nSPS) is 50.8. The van der Waals surface area contributed by atoms with Crippen LogP contribution in [0.4, 0.5) is 0 Å². The zero-order chi connectivity index (χ0) is 8.72. The van der Waals surface area contributed by atoms with Crippen molar-refractivity contribution in [2.45, 2.75) is 58.5 Å². The van der Waals surface area contributed by atoms with Crippen LogP contribution in [0.1, 0.15) is 40.0 Å². The number of nitrogens with one attached hydrogen (secondary N) is 1. The van der Waals surface area contributed by atoms with Gasteiger partial charge in [0.25, 0.3) is 0 Å². The standard InChI is InChI=1S/C9H19N3/c1-4-7-10-8(5-2)12-9(6-3)11(7)12/h7-10H,4-6H2,1-3H3/t7-,8?,9?,11?,12?/m0/s1. The van der Waals surface area contributed by atoms with Gasteiger partial charge in [-0.3, -0.25) is 5.32 Å². The largest absolute Gasteiger partial charge is 0.284 e. The number of hydrogen-bond donors (Lipinski definition) is 1. The topological polar surface area (TPSA) is 18.0 Å². The maximum absolute atomic E-state index is 3.61. The molecule has 0 amide bonds. The van der Waals surface area contributed by atoms with Crippen LogP contribution in [0.15, 0.2) is 0 Å². The maximum atomic E-state index is 3.61. The summed E-state index contributed by atoms with van der Waals surface area (Å²) >= 11 is 0. The molecule has 3 nitrogen and oxygen atoms in total. The first-order valence-corrected chi connectivity index (χ1v) is 5.16. The number of rotatable bonds is 3. The summed E-state index contributed by atoms with van der Waals surface area (Å²) in [5.74, 6) is 0. The quantitative estimate of drug-likeness (QED) is 0.643. The highest BCUT2D eigenvalue weighted by Gasteiger charge is 2.56. The van der Waals surface area contributed by atoms with Gasteiger partial charge in [-0.05, 0) is 19.3 Å². The van der Waals surface area contributed by atoms with Crippen LogP contribution in [-0.2, 0) is 0 Å². The van der Waals surface area contributed by atoms with Gasteiger partial charge in [-0.2, -0.15) is 0 Å². The van der Waals surface area contributed by atoms with Crippen LogP contribution in [0.25, 0.3) is 0 Å². The smallest absolute Gasteiger partial charge is 0.0928 e. The minimum atomic E-state index is 0.611. The van der Waals surface area contributed by atoms with E-state index in [1.165, 1.54) is 19.3 Å². The van der Waals surface area contributed by atoms with Crippen LogP contribution in [0.2, 0.25) is 0 Å². The van der Waals surface area contributed by atoms with Crippen molar-refractivity contribution in [2.75, 3.05) is 0 Å². The molecule has 0 radical (unpaired) electrons. The summed E-state index contributed by atoms with van der Waals surface area (Å²) in [5.41, 5.74) is 0. The predicted octanol–water partition coefficient (Wildman–Crippen LogP) is 1.33. The number of hydrogen-bond acceptors (Lipinski definition) is 3. The third kappa shape index (κ3) is 1.00. The molecule has 5 atom stereocenters. The van der Waals surface area contributed by atoms with E-state index in [2.05, 4.69) is 36.1 Å². The first-order valence-electron chi connectivity index (χ1n) is 5.16. The minimum Gasteiger partial charge on any atom is -0.284 e. The second-order valence-corrected chi connectivity index (χ2v) is 3.66. The van der Waals surface area contributed by atoms with Crippen molar-refractivity contribution in [3.8, 4) is 0 Å². The Hall–Kier alpha value is -0.120. The lowest BCUT2D eigenvalue weighted by atomic mass is 10.3. The monoisotopic (exact) mass is 169 g/mol. The average Bonchev–Trinajstić information content (AvgIpc) is 2.71. The summed E-state index contributed by atoms with van der Waals surface area (Å²) < 4.78 is 0. The van der Waals surface area contributed by atoms with Crippen LogP contribution < -0.4 is 5.32 Å². The SMILES string of the molecule is CCC1N[C@H](CC)N2C(CC)N12. The van der Waals surface area contributed by atoms with E-state index >= 15 is 0 Å². The molecule has 2 heterocycles. The van der Waals surface area contributed by atoms with Crippen molar-refractivity contribution in [3.05, 3.63) is 0 Å². The zero-order valence-corrected chi connectivity index (χ0v) is 8.25. The fourth-order valence-electron chi connectivity index (χ4n) is 2.34. The van der Waals surface area contributed by atoms with E-state index in [-0.39, 0.29) is 0 Å². The molecule has 2 aliphatic rings. The van der Waals surface area contributed by atoms with Gasteiger partial charge in [-0.25, -0.2) is 10.0 Å². The van der Waals surface area contributed by atoms with E-state index in [0.29, 0.717) is 12.3 Å². The van der Waals surface area contributed by atoms with E-state index in [0.717, 1.165) is 6.17 Å². The van der Waals surface area contributed by atoms with Crippen LogP contribution in [-0.4, -0.2) is 28.5 Å². The number of fused-ring (bicyclic) bond motifs is 1. The highest BCUT2D eigenvalue weighted by molar-refractivity contribution is 4.97. The first kappa shape index (κ1) is 8.48. The van der Waals surface area contributed by atoms with Gasteiger partial charge in [0.1, 0.15) is 0 Å². The lowest BCUT2D eigenvalue weighted by Gasteiger charge is -2.16.